The number of thioether (sulfide) groups is 1. The number of benzene rings is 1. The molecule has 20 heavy (non-hydrogen) atoms. The van der Waals surface area contributed by atoms with E-state index in [0.29, 0.717) is 25.4 Å². The smallest absolute Gasteiger partial charge is 0.233 e. The minimum absolute atomic E-state index is 0.0338. The van der Waals surface area contributed by atoms with Crippen molar-refractivity contribution in [2.45, 2.75) is 24.8 Å². The van der Waals surface area contributed by atoms with E-state index in [2.05, 4.69) is 32.0 Å². The van der Waals surface area contributed by atoms with Gasteiger partial charge in [-0.15, -0.1) is 11.8 Å². The Morgan fingerprint density at radius 3 is 3.05 bits per heavy atom. The summed E-state index contributed by atoms with van der Waals surface area (Å²) >= 11 is 1.58. The molecule has 0 saturated carbocycles. The van der Waals surface area contributed by atoms with Crippen LogP contribution in [-0.4, -0.2) is 54.1 Å². The summed E-state index contributed by atoms with van der Waals surface area (Å²) in [5.41, 5.74) is 2.40. The summed E-state index contributed by atoms with van der Waals surface area (Å²) in [6.07, 6.45) is -0.238. The Hall–Kier alpha value is -1.04. The van der Waals surface area contributed by atoms with Crippen LogP contribution in [0.4, 0.5) is 0 Å². The van der Waals surface area contributed by atoms with E-state index in [1.165, 1.54) is 11.1 Å². The van der Waals surface area contributed by atoms with E-state index >= 15 is 0 Å². The summed E-state index contributed by atoms with van der Waals surface area (Å²) in [7, 11) is 0. The van der Waals surface area contributed by atoms with Gasteiger partial charge in [-0.05, 0) is 25.5 Å². The third-order valence-corrected chi connectivity index (χ3v) is 4.53. The number of rotatable bonds is 4. The highest BCUT2D eigenvalue weighted by atomic mass is 32.2. The molecule has 1 aromatic rings. The maximum absolute atomic E-state index is 12.2. The van der Waals surface area contributed by atoms with E-state index in [4.69, 9.17) is 9.84 Å². The summed E-state index contributed by atoms with van der Waals surface area (Å²) in [4.78, 5) is 15.1. The fraction of sp³-hybridized carbons (Fsp3) is 0.533. The second kappa shape index (κ2) is 7.11. The predicted octanol–water partition coefficient (Wildman–Crippen LogP) is 1.62. The molecule has 1 saturated heterocycles. The zero-order chi connectivity index (χ0) is 14.5. The Balaban J connectivity index is 1.90. The zero-order valence-corrected chi connectivity index (χ0v) is 12.8. The van der Waals surface area contributed by atoms with Gasteiger partial charge in [-0.1, -0.05) is 17.7 Å². The number of aliphatic hydroxyl groups is 1. The van der Waals surface area contributed by atoms with Crippen LogP contribution < -0.4 is 0 Å². The number of morpholine rings is 1. The summed E-state index contributed by atoms with van der Waals surface area (Å²) in [5.74, 6) is 0.542. The van der Waals surface area contributed by atoms with Gasteiger partial charge < -0.3 is 14.7 Å². The number of hydrogen-bond acceptors (Lipinski definition) is 4. The van der Waals surface area contributed by atoms with E-state index in [0.717, 1.165) is 4.90 Å². The van der Waals surface area contributed by atoms with E-state index in [1.54, 1.807) is 16.7 Å². The number of hydrogen-bond donors (Lipinski definition) is 1. The first kappa shape index (κ1) is 15.4. The van der Waals surface area contributed by atoms with Crippen molar-refractivity contribution in [2.24, 2.45) is 0 Å². The van der Waals surface area contributed by atoms with Gasteiger partial charge in [0.05, 0.1) is 25.1 Å². The predicted molar refractivity (Wildman–Crippen MR) is 80.0 cm³/mol. The summed E-state index contributed by atoms with van der Waals surface area (Å²) in [6, 6.07) is 6.27. The van der Waals surface area contributed by atoms with Gasteiger partial charge in [-0.3, -0.25) is 4.79 Å². The first-order valence-corrected chi connectivity index (χ1v) is 7.79. The number of aliphatic hydroxyl groups excluding tert-OH is 1. The standard InChI is InChI=1S/C15H21NO3S/c1-11-3-4-12(2)14(7-11)20-10-15(18)16-5-6-19-13(8-16)9-17/h3-4,7,13,17H,5-6,8-10H2,1-2H3. The Labute approximate surface area is 124 Å². The van der Waals surface area contributed by atoms with Crippen molar-refractivity contribution >= 4 is 17.7 Å². The molecule has 1 unspecified atom stereocenters. The highest BCUT2D eigenvalue weighted by Gasteiger charge is 2.23. The molecule has 1 aromatic carbocycles. The lowest BCUT2D eigenvalue weighted by atomic mass is 10.2. The molecular formula is C15H21NO3S. The second-order valence-corrected chi connectivity index (χ2v) is 6.09. The van der Waals surface area contributed by atoms with E-state index in [9.17, 15) is 4.79 Å². The summed E-state index contributed by atoms with van der Waals surface area (Å²) < 4.78 is 5.35. The SMILES string of the molecule is Cc1ccc(C)c(SCC(=O)N2CCOC(CO)C2)c1. The van der Waals surface area contributed by atoms with Gasteiger partial charge in [-0.2, -0.15) is 0 Å². The molecular weight excluding hydrogens is 274 g/mol. The first-order chi connectivity index (χ1) is 9.60. The van der Waals surface area contributed by atoms with E-state index < -0.39 is 0 Å². The van der Waals surface area contributed by atoms with Gasteiger partial charge in [0.2, 0.25) is 5.91 Å². The molecule has 110 valence electrons. The van der Waals surface area contributed by atoms with Gasteiger partial charge in [-0.25, -0.2) is 0 Å². The van der Waals surface area contributed by atoms with Gasteiger partial charge >= 0.3 is 0 Å². The Morgan fingerprint density at radius 2 is 2.30 bits per heavy atom. The average molecular weight is 295 g/mol. The second-order valence-electron chi connectivity index (χ2n) is 5.07. The first-order valence-electron chi connectivity index (χ1n) is 6.80. The highest BCUT2D eigenvalue weighted by Crippen LogP contribution is 2.24. The van der Waals surface area contributed by atoms with Crippen LogP contribution in [0.25, 0.3) is 0 Å². The van der Waals surface area contributed by atoms with Gasteiger partial charge in [0.25, 0.3) is 0 Å². The lowest BCUT2D eigenvalue weighted by Crippen LogP contribution is -2.47. The van der Waals surface area contributed by atoms with Crippen LogP contribution in [0.3, 0.4) is 0 Å². The lowest BCUT2D eigenvalue weighted by molar-refractivity contribution is -0.137. The zero-order valence-electron chi connectivity index (χ0n) is 12.0. The monoisotopic (exact) mass is 295 g/mol. The third kappa shape index (κ3) is 3.98. The molecule has 0 aliphatic carbocycles. The van der Waals surface area contributed by atoms with E-state index in [1.807, 2.05) is 0 Å². The van der Waals surface area contributed by atoms with Crippen LogP contribution >= 0.6 is 11.8 Å². The summed E-state index contributed by atoms with van der Waals surface area (Å²) in [5, 5.41) is 9.10. The lowest BCUT2D eigenvalue weighted by Gasteiger charge is -2.32. The fourth-order valence-electron chi connectivity index (χ4n) is 2.15. The molecule has 0 spiro atoms. The van der Waals surface area contributed by atoms with Crippen LogP contribution in [0.1, 0.15) is 11.1 Å². The molecule has 0 bridgehead atoms. The van der Waals surface area contributed by atoms with Gasteiger partial charge in [0.15, 0.2) is 0 Å². The summed E-state index contributed by atoms with van der Waals surface area (Å²) in [6.45, 7) is 5.69. The number of amides is 1. The number of carbonyl (C=O) groups is 1. The molecule has 0 aromatic heterocycles. The molecule has 1 heterocycles. The van der Waals surface area contributed by atoms with Crippen molar-refractivity contribution in [3.8, 4) is 0 Å². The molecule has 1 N–H and O–H groups in total. The number of nitrogens with zero attached hydrogens (tertiary/aromatic N) is 1. The molecule has 0 radical (unpaired) electrons. The number of aryl methyl sites for hydroxylation is 2. The molecule has 1 atom stereocenters. The topological polar surface area (TPSA) is 49.8 Å². The molecule has 1 amide bonds. The minimum atomic E-state index is -0.238. The molecule has 1 aliphatic rings. The average Bonchev–Trinajstić information content (AvgIpc) is 2.48. The fourth-order valence-corrected chi connectivity index (χ4v) is 3.18. The van der Waals surface area contributed by atoms with Crippen molar-refractivity contribution < 1.29 is 14.6 Å². The largest absolute Gasteiger partial charge is 0.394 e. The Morgan fingerprint density at radius 1 is 1.50 bits per heavy atom. The van der Waals surface area contributed by atoms with E-state index in [-0.39, 0.29) is 18.6 Å². The third-order valence-electron chi connectivity index (χ3n) is 3.39. The van der Waals surface area contributed by atoms with Crippen molar-refractivity contribution in [1.82, 2.24) is 4.90 Å². The Kier molecular flexibility index (Phi) is 5.46. The minimum Gasteiger partial charge on any atom is -0.394 e. The number of ether oxygens (including phenoxy) is 1. The molecule has 2 rings (SSSR count). The molecule has 1 aliphatic heterocycles. The van der Waals surface area contributed by atoms with Crippen LogP contribution in [0.15, 0.2) is 23.1 Å². The highest BCUT2D eigenvalue weighted by molar-refractivity contribution is 8.00. The van der Waals surface area contributed by atoms with Gasteiger partial charge in [0, 0.05) is 18.0 Å². The van der Waals surface area contributed by atoms with Gasteiger partial charge in [0.1, 0.15) is 0 Å². The van der Waals surface area contributed by atoms with Crippen LogP contribution in [0.2, 0.25) is 0 Å². The molecule has 5 heteroatoms. The van der Waals surface area contributed by atoms with Crippen molar-refractivity contribution in [3.05, 3.63) is 29.3 Å². The molecule has 1 fully saturated rings. The maximum Gasteiger partial charge on any atom is 0.233 e. The normalized spacial score (nSPS) is 19.1. The maximum atomic E-state index is 12.2. The van der Waals surface area contributed by atoms with Crippen molar-refractivity contribution in [2.75, 3.05) is 32.1 Å². The van der Waals surface area contributed by atoms with Crippen molar-refractivity contribution in [3.63, 3.8) is 0 Å². The van der Waals surface area contributed by atoms with Crippen LogP contribution in [-0.2, 0) is 9.53 Å². The van der Waals surface area contributed by atoms with Crippen LogP contribution in [0, 0.1) is 13.8 Å². The van der Waals surface area contributed by atoms with Crippen LogP contribution in [0.5, 0.6) is 0 Å². The van der Waals surface area contributed by atoms with Crippen molar-refractivity contribution in [1.29, 1.82) is 0 Å². The quantitative estimate of drug-likeness (QED) is 0.858. The Bertz CT molecular complexity index is 478. The number of carbonyl (C=O) groups excluding carboxylic acids is 1. The molecule has 4 nitrogen and oxygen atoms in total.